The summed E-state index contributed by atoms with van der Waals surface area (Å²) in [5, 5.41) is 13.2. The summed E-state index contributed by atoms with van der Waals surface area (Å²) in [4.78, 5) is 34.2. The van der Waals surface area contributed by atoms with Gasteiger partial charge in [-0.05, 0) is 35.9 Å². The number of non-ortho nitro benzene ring substituents is 1. The maximum Gasteiger partial charge on any atom is 0.417 e. The van der Waals surface area contributed by atoms with E-state index in [1.165, 1.54) is 48.5 Å². The Morgan fingerprint density at radius 3 is 2.20 bits per heavy atom. The summed E-state index contributed by atoms with van der Waals surface area (Å²) in [5.74, 6) is -0.466. The van der Waals surface area contributed by atoms with E-state index in [1.54, 1.807) is 0 Å². The number of carbonyl (C=O) groups is 1. The molecule has 0 unspecified atom stereocenters. The predicted molar refractivity (Wildman–Crippen MR) is 102 cm³/mol. The molecule has 0 saturated carbocycles. The van der Waals surface area contributed by atoms with Crippen LogP contribution in [0.15, 0.2) is 71.7 Å². The highest BCUT2D eigenvalue weighted by Crippen LogP contribution is 2.28. The monoisotopic (exact) mass is 417 g/mol. The van der Waals surface area contributed by atoms with Crippen LogP contribution >= 0.6 is 0 Å². The Kier molecular flexibility index (Phi) is 5.67. The van der Waals surface area contributed by atoms with Gasteiger partial charge in [-0.25, -0.2) is 0 Å². The fourth-order valence-electron chi connectivity index (χ4n) is 2.65. The second kappa shape index (κ2) is 8.19. The van der Waals surface area contributed by atoms with E-state index in [1.807, 2.05) is 0 Å². The molecule has 154 valence electrons. The van der Waals surface area contributed by atoms with Gasteiger partial charge in [0.1, 0.15) is 0 Å². The zero-order chi connectivity index (χ0) is 21.9. The van der Waals surface area contributed by atoms with Gasteiger partial charge in [0.25, 0.3) is 17.2 Å². The number of halogens is 3. The molecule has 0 aliphatic rings. The summed E-state index contributed by atoms with van der Waals surface area (Å²) >= 11 is 0. The number of carbonyl (C=O) groups excluding carboxylic acids is 1. The fourth-order valence-corrected chi connectivity index (χ4v) is 2.65. The minimum atomic E-state index is -4.56. The third-order valence-electron chi connectivity index (χ3n) is 4.22. The molecule has 2 aromatic carbocycles. The standard InChI is InChI=1S/C20H14F3N3O4/c21-20(22,23)15-5-10-18(27)25(12-15)11-13-1-3-14(4-2-13)19(28)24-16-6-8-17(9-7-16)26(29)30/h1-10,12H,11H2,(H,24,28). The number of aromatic nitrogens is 1. The van der Waals surface area contributed by atoms with E-state index in [-0.39, 0.29) is 17.8 Å². The lowest BCUT2D eigenvalue weighted by molar-refractivity contribution is -0.384. The molecule has 30 heavy (non-hydrogen) atoms. The lowest BCUT2D eigenvalue weighted by Crippen LogP contribution is -2.22. The van der Waals surface area contributed by atoms with Crippen molar-refractivity contribution in [3.63, 3.8) is 0 Å². The number of hydrogen-bond donors (Lipinski definition) is 1. The molecule has 0 atom stereocenters. The van der Waals surface area contributed by atoms with Crippen LogP contribution in [0.1, 0.15) is 21.5 Å². The molecule has 1 aromatic heterocycles. The number of rotatable bonds is 5. The zero-order valence-electron chi connectivity index (χ0n) is 15.2. The van der Waals surface area contributed by atoms with E-state index in [0.29, 0.717) is 11.3 Å². The van der Waals surface area contributed by atoms with Gasteiger partial charge in [-0.2, -0.15) is 13.2 Å². The second-order valence-corrected chi connectivity index (χ2v) is 6.34. The molecule has 7 nitrogen and oxygen atoms in total. The minimum Gasteiger partial charge on any atom is -0.322 e. The van der Waals surface area contributed by atoms with Crippen LogP contribution in [-0.4, -0.2) is 15.4 Å². The molecule has 10 heteroatoms. The first-order valence-electron chi connectivity index (χ1n) is 8.56. The summed E-state index contributed by atoms with van der Waals surface area (Å²) in [6.07, 6.45) is -3.81. The molecule has 1 amide bonds. The van der Waals surface area contributed by atoms with Crippen molar-refractivity contribution in [1.82, 2.24) is 4.57 Å². The van der Waals surface area contributed by atoms with E-state index in [9.17, 15) is 32.9 Å². The number of nitro groups is 1. The lowest BCUT2D eigenvalue weighted by atomic mass is 10.1. The summed E-state index contributed by atoms with van der Waals surface area (Å²) in [6, 6.07) is 12.9. The molecule has 0 fully saturated rings. The number of nitrogens with zero attached hydrogens (tertiary/aromatic N) is 2. The van der Waals surface area contributed by atoms with Crippen molar-refractivity contribution >= 4 is 17.3 Å². The van der Waals surface area contributed by atoms with E-state index >= 15 is 0 Å². The van der Waals surface area contributed by atoms with E-state index in [4.69, 9.17) is 0 Å². The van der Waals surface area contributed by atoms with Crippen LogP contribution in [0.25, 0.3) is 0 Å². The number of pyridine rings is 1. The third-order valence-corrected chi connectivity index (χ3v) is 4.22. The van der Waals surface area contributed by atoms with Crippen molar-refractivity contribution in [3.8, 4) is 0 Å². The number of alkyl halides is 3. The Balaban J connectivity index is 1.71. The first-order chi connectivity index (χ1) is 14.1. The summed E-state index contributed by atoms with van der Waals surface area (Å²) in [7, 11) is 0. The minimum absolute atomic E-state index is 0.0903. The van der Waals surface area contributed by atoms with Crippen molar-refractivity contribution in [2.75, 3.05) is 5.32 Å². The van der Waals surface area contributed by atoms with Gasteiger partial charge in [0.15, 0.2) is 0 Å². The first-order valence-corrected chi connectivity index (χ1v) is 8.56. The normalized spacial score (nSPS) is 11.2. The summed E-state index contributed by atoms with van der Waals surface area (Å²) in [6.45, 7) is -0.0903. The molecule has 0 aliphatic heterocycles. The summed E-state index contributed by atoms with van der Waals surface area (Å²) < 4.78 is 39.4. The molecule has 0 aliphatic carbocycles. The van der Waals surface area contributed by atoms with Crippen LogP contribution in [0, 0.1) is 10.1 Å². The number of benzene rings is 2. The van der Waals surface area contributed by atoms with Crippen molar-refractivity contribution in [1.29, 1.82) is 0 Å². The molecule has 0 saturated heterocycles. The van der Waals surface area contributed by atoms with Gasteiger partial charge >= 0.3 is 6.18 Å². The molecule has 3 aromatic rings. The van der Waals surface area contributed by atoms with Crippen molar-refractivity contribution in [2.24, 2.45) is 0 Å². The van der Waals surface area contributed by atoms with Crippen LogP contribution in [0.5, 0.6) is 0 Å². The highest BCUT2D eigenvalue weighted by atomic mass is 19.4. The van der Waals surface area contributed by atoms with Crippen LogP contribution in [-0.2, 0) is 12.7 Å². The lowest BCUT2D eigenvalue weighted by Gasteiger charge is -2.11. The van der Waals surface area contributed by atoms with Crippen molar-refractivity contribution in [3.05, 3.63) is 104 Å². The highest BCUT2D eigenvalue weighted by Gasteiger charge is 2.31. The number of anilines is 1. The Hall–Kier alpha value is -3.95. The molecular weight excluding hydrogens is 403 g/mol. The van der Waals surface area contributed by atoms with Crippen molar-refractivity contribution < 1.29 is 22.9 Å². The molecule has 1 N–H and O–H groups in total. The van der Waals surface area contributed by atoms with Crippen LogP contribution in [0.2, 0.25) is 0 Å². The van der Waals surface area contributed by atoms with Crippen LogP contribution in [0.4, 0.5) is 24.5 Å². The second-order valence-electron chi connectivity index (χ2n) is 6.34. The van der Waals surface area contributed by atoms with E-state index < -0.39 is 28.1 Å². The van der Waals surface area contributed by atoms with E-state index in [0.717, 1.165) is 22.9 Å². The van der Waals surface area contributed by atoms with Crippen molar-refractivity contribution in [2.45, 2.75) is 12.7 Å². The predicted octanol–water partition coefficient (Wildman–Crippen LogP) is 4.08. The largest absolute Gasteiger partial charge is 0.417 e. The van der Waals surface area contributed by atoms with Gasteiger partial charge in [0, 0.05) is 35.6 Å². The molecule has 1 heterocycles. The molecule has 3 rings (SSSR count). The SMILES string of the molecule is O=C(Nc1ccc([N+](=O)[O-])cc1)c1ccc(Cn2cc(C(F)(F)F)ccc2=O)cc1. The highest BCUT2D eigenvalue weighted by molar-refractivity contribution is 6.04. The maximum atomic E-state index is 12.8. The number of nitrogens with one attached hydrogen (secondary N) is 1. The van der Waals surface area contributed by atoms with Gasteiger partial charge in [0.05, 0.1) is 17.0 Å². The molecule has 0 radical (unpaired) electrons. The Labute approximate surface area is 167 Å². The number of nitro benzene ring substituents is 1. The number of amides is 1. The fraction of sp³-hybridized carbons (Fsp3) is 0.100. The first kappa shape index (κ1) is 20.8. The smallest absolute Gasteiger partial charge is 0.322 e. The van der Waals surface area contributed by atoms with Gasteiger partial charge in [-0.1, -0.05) is 12.1 Å². The van der Waals surface area contributed by atoms with Crippen LogP contribution in [0.3, 0.4) is 0 Å². The Morgan fingerprint density at radius 1 is 1.00 bits per heavy atom. The molecular formula is C20H14F3N3O4. The van der Waals surface area contributed by atoms with Crippen LogP contribution < -0.4 is 10.9 Å². The van der Waals surface area contributed by atoms with Gasteiger partial charge in [0.2, 0.25) is 0 Å². The van der Waals surface area contributed by atoms with Gasteiger partial charge in [-0.15, -0.1) is 0 Å². The third kappa shape index (κ3) is 4.90. The maximum absolute atomic E-state index is 12.8. The number of hydrogen-bond acceptors (Lipinski definition) is 4. The van der Waals surface area contributed by atoms with E-state index in [2.05, 4.69) is 5.32 Å². The Bertz CT molecular complexity index is 1140. The zero-order valence-corrected chi connectivity index (χ0v) is 15.2. The topological polar surface area (TPSA) is 94.2 Å². The summed E-state index contributed by atoms with van der Waals surface area (Å²) in [5.41, 5.74) is -0.451. The molecule has 0 bridgehead atoms. The van der Waals surface area contributed by atoms with Gasteiger partial charge in [-0.3, -0.25) is 19.7 Å². The Morgan fingerprint density at radius 2 is 1.63 bits per heavy atom. The molecule has 0 spiro atoms. The average molecular weight is 417 g/mol. The quantitative estimate of drug-likeness (QED) is 0.500. The van der Waals surface area contributed by atoms with Gasteiger partial charge < -0.3 is 9.88 Å². The average Bonchev–Trinajstić information content (AvgIpc) is 2.69.